The highest BCUT2D eigenvalue weighted by Gasteiger charge is 2.35. The second-order valence-electron chi connectivity index (χ2n) is 11.8. The van der Waals surface area contributed by atoms with E-state index in [1.807, 2.05) is 6.07 Å². The molecule has 9 rings (SSSR count). The Bertz CT molecular complexity index is 2380. The maximum atomic E-state index is 5.35. The predicted octanol–water partition coefficient (Wildman–Crippen LogP) is 9.85. The van der Waals surface area contributed by atoms with Gasteiger partial charge in [0.05, 0.1) is 22.2 Å². The van der Waals surface area contributed by atoms with Crippen LogP contribution in [0, 0.1) is 0 Å². The fourth-order valence-electron chi connectivity index (χ4n) is 7.26. The first-order valence-electron chi connectivity index (χ1n) is 14.5. The number of fused-ring (bicyclic) bond motifs is 7. The van der Waals surface area contributed by atoms with Gasteiger partial charge in [0.25, 0.3) is 0 Å². The van der Waals surface area contributed by atoms with Crippen LogP contribution in [-0.4, -0.2) is 14.5 Å². The van der Waals surface area contributed by atoms with Crippen LogP contribution >= 0.6 is 0 Å². The third-order valence-corrected chi connectivity index (χ3v) is 9.18. The van der Waals surface area contributed by atoms with Gasteiger partial charge in [-0.3, -0.25) is 4.57 Å². The van der Waals surface area contributed by atoms with Gasteiger partial charge in [-0.25, -0.2) is 9.97 Å². The Morgan fingerprint density at radius 1 is 0.595 bits per heavy atom. The van der Waals surface area contributed by atoms with E-state index >= 15 is 0 Å². The molecular formula is C39H27N3. The van der Waals surface area contributed by atoms with Crippen LogP contribution in [0.1, 0.15) is 25.0 Å². The van der Waals surface area contributed by atoms with Crippen molar-refractivity contribution in [2.45, 2.75) is 19.3 Å². The first kappa shape index (κ1) is 23.4. The molecule has 1 aliphatic carbocycles. The van der Waals surface area contributed by atoms with E-state index in [4.69, 9.17) is 9.97 Å². The van der Waals surface area contributed by atoms with Gasteiger partial charge in [0.1, 0.15) is 0 Å². The molecule has 1 aliphatic rings. The zero-order valence-corrected chi connectivity index (χ0v) is 23.5. The third kappa shape index (κ3) is 3.05. The van der Waals surface area contributed by atoms with Crippen molar-refractivity contribution >= 4 is 43.5 Å². The average Bonchev–Trinajstić information content (AvgIpc) is 3.37. The van der Waals surface area contributed by atoms with Gasteiger partial charge in [0.15, 0.2) is 0 Å². The Morgan fingerprint density at radius 2 is 1.31 bits per heavy atom. The zero-order chi connectivity index (χ0) is 28.0. The molecule has 0 saturated heterocycles. The minimum Gasteiger partial charge on any atom is -0.277 e. The summed E-state index contributed by atoms with van der Waals surface area (Å²) in [5, 5.41) is 6.07. The molecule has 3 nitrogen and oxygen atoms in total. The summed E-state index contributed by atoms with van der Waals surface area (Å²) in [5.74, 6) is 0.689. The van der Waals surface area contributed by atoms with Crippen molar-refractivity contribution in [3.63, 3.8) is 0 Å². The van der Waals surface area contributed by atoms with E-state index in [1.54, 1.807) is 0 Å². The van der Waals surface area contributed by atoms with Crippen LogP contribution in [0.2, 0.25) is 0 Å². The van der Waals surface area contributed by atoms with Crippen molar-refractivity contribution in [1.29, 1.82) is 0 Å². The van der Waals surface area contributed by atoms with E-state index in [-0.39, 0.29) is 5.41 Å². The largest absolute Gasteiger partial charge is 0.277 e. The summed E-state index contributed by atoms with van der Waals surface area (Å²) < 4.78 is 2.31. The molecule has 8 aromatic rings. The van der Waals surface area contributed by atoms with Crippen molar-refractivity contribution in [1.82, 2.24) is 14.5 Å². The van der Waals surface area contributed by atoms with Crippen LogP contribution < -0.4 is 0 Å². The zero-order valence-electron chi connectivity index (χ0n) is 23.5. The number of benzene rings is 6. The summed E-state index contributed by atoms with van der Waals surface area (Å²) in [7, 11) is 0. The Hall–Kier alpha value is -5.28. The molecule has 42 heavy (non-hydrogen) atoms. The quantitative estimate of drug-likeness (QED) is 0.220. The van der Waals surface area contributed by atoms with Gasteiger partial charge in [-0.15, -0.1) is 0 Å². The molecular weight excluding hydrogens is 510 g/mol. The molecule has 0 fully saturated rings. The number of hydrogen-bond donors (Lipinski definition) is 0. The van der Waals surface area contributed by atoms with Gasteiger partial charge >= 0.3 is 0 Å². The minimum atomic E-state index is -0.118. The SMILES string of the molecule is CC1(C)c2ccccc2-c2c3c1cccc3cc1c3ccccc3n(-c3nc(-c4ccccc4)c4ccccc4n3)c21. The van der Waals surface area contributed by atoms with E-state index in [2.05, 4.69) is 140 Å². The number of rotatable bonds is 2. The second kappa shape index (κ2) is 8.37. The first-order valence-corrected chi connectivity index (χ1v) is 14.5. The van der Waals surface area contributed by atoms with E-state index in [0.717, 1.165) is 33.2 Å². The highest BCUT2D eigenvalue weighted by Crippen LogP contribution is 2.52. The summed E-state index contributed by atoms with van der Waals surface area (Å²) in [6.45, 7) is 4.70. The summed E-state index contributed by atoms with van der Waals surface area (Å²) in [4.78, 5) is 10.6. The van der Waals surface area contributed by atoms with Crippen LogP contribution in [0.3, 0.4) is 0 Å². The van der Waals surface area contributed by atoms with E-state index in [0.29, 0.717) is 5.95 Å². The molecule has 2 aromatic heterocycles. The standard InChI is InChI=1S/C39H27N3/c1-39(2)30-19-9-6-17-27(30)35-34-25(15-12-20-31(34)39)23-29-26-16-8-11-22-33(26)42(37(29)35)38-40-32-21-10-7-18-28(32)36(41-38)24-13-4-3-5-14-24/h3-23H,1-2H3. The Kier molecular flexibility index (Phi) is 4.67. The van der Waals surface area contributed by atoms with Crippen molar-refractivity contribution in [2.75, 3.05) is 0 Å². The van der Waals surface area contributed by atoms with Crippen molar-refractivity contribution in [2.24, 2.45) is 0 Å². The second-order valence-corrected chi connectivity index (χ2v) is 11.8. The van der Waals surface area contributed by atoms with Crippen LogP contribution in [0.25, 0.3) is 71.8 Å². The smallest absolute Gasteiger partial charge is 0.235 e. The lowest BCUT2D eigenvalue weighted by Crippen LogP contribution is -2.23. The molecule has 0 aliphatic heterocycles. The lowest BCUT2D eigenvalue weighted by Gasteiger charge is -2.35. The van der Waals surface area contributed by atoms with Gasteiger partial charge in [-0.2, -0.15) is 0 Å². The molecule has 0 atom stereocenters. The Balaban J connectivity index is 1.52. The topological polar surface area (TPSA) is 30.7 Å². The number of hydrogen-bond acceptors (Lipinski definition) is 2. The normalized spacial score (nSPS) is 13.7. The fraction of sp³-hybridized carbons (Fsp3) is 0.0769. The summed E-state index contributed by atoms with van der Waals surface area (Å²) in [5.41, 5.74) is 10.4. The maximum Gasteiger partial charge on any atom is 0.235 e. The Labute approximate surface area is 243 Å². The van der Waals surface area contributed by atoms with Gasteiger partial charge in [0.2, 0.25) is 5.95 Å². The van der Waals surface area contributed by atoms with Gasteiger partial charge in [-0.05, 0) is 45.7 Å². The van der Waals surface area contributed by atoms with Gasteiger partial charge < -0.3 is 0 Å². The van der Waals surface area contributed by atoms with Crippen LogP contribution in [0.4, 0.5) is 0 Å². The van der Waals surface area contributed by atoms with Crippen LogP contribution in [0.15, 0.2) is 127 Å². The molecule has 0 N–H and O–H groups in total. The van der Waals surface area contributed by atoms with E-state index < -0.39 is 0 Å². The molecule has 0 bridgehead atoms. The molecule has 2 heterocycles. The van der Waals surface area contributed by atoms with Gasteiger partial charge in [-0.1, -0.05) is 123 Å². The third-order valence-electron chi connectivity index (χ3n) is 9.18. The lowest BCUT2D eigenvalue weighted by molar-refractivity contribution is 0.645. The molecule has 0 unspecified atom stereocenters. The lowest BCUT2D eigenvalue weighted by atomic mass is 9.68. The molecule has 6 aromatic carbocycles. The van der Waals surface area contributed by atoms with Crippen LogP contribution in [-0.2, 0) is 5.41 Å². The molecule has 0 spiro atoms. The van der Waals surface area contributed by atoms with Crippen molar-refractivity contribution in [3.05, 3.63) is 139 Å². The van der Waals surface area contributed by atoms with Crippen LogP contribution in [0.5, 0.6) is 0 Å². The molecule has 0 saturated carbocycles. The minimum absolute atomic E-state index is 0.118. The molecule has 0 amide bonds. The van der Waals surface area contributed by atoms with Gasteiger partial charge in [0, 0.05) is 32.7 Å². The number of para-hydroxylation sites is 2. The summed E-state index contributed by atoms with van der Waals surface area (Å²) >= 11 is 0. The van der Waals surface area contributed by atoms with Crippen molar-refractivity contribution < 1.29 is 0 Å². The highest BCUT2D eigenvalue weighted by molar-refractivity contribution is 6.22. The number of nitrogens with zero attached hydrogens (tertiary/aromatic N) is 3. The fourth-order valence-corrected chi connectivity index (χ4v) is 7.26. The highest BCUT2D eigenvalue weighted by atomic mass is 15.2. The van der Waals surface area contributed by atoms with E-state index in [1.165, 1.54) is 43.8 Å². The summed E-state index contributed by atoms with van der Waals surface area (Å²) in [6.07, 6.45) is 0. The van der Waals surface area contributed by atoms with Crippen molar-refractivity contribution in [3.8, 4) is 28.3 Å². The molecule has 0 radical (unpaired) electrons. The maximum absolute atomic E-state index is 5.35. The average molecular weight is 538 g/mol. The first-order chi connectivity index (χ1) is 20.6. The predicted molar refractivity (Wildman–Crippen MR) is 174 cm³/mol. The monoisotopic (exact) mass is 537 g/mol. The summed E-state index contributed by atoms with van der Waals surface area (Å²) in [6, 6.07) is 45.5. The number of aromatic nitrogens is 3. The molecule has 198 valence electrons. The molecule has 3 heteroatoms. The Morgan fingerprint density at radius 3 is 2.19 bits per heavy atom. The van der Waals surface area contributed by atoms with E-state index in [9.17, 15) is 0 Å².